The third kappa shape index (κ3) is 4.24. The molecule has 0 aromatic heterocycles. The summed E-state index contributed by atoms with van der Waals surface area (Å²) in [5.74, 6) is -0.0103. The molecule has 0 spiro atoms. The Morgan fingerprint density at radius 3 is 2.50 bits per heavy atom. The van der Waals surface area contributed by atoms with Crippen molar-refractivity contribution in [3.8, 4) is 11.1 Å². The lowest BCUT2D eigenvalue weighted by atomic mass is 9.97. The molecular formula is C21H25NO2. The van der Waals surface area contributed by atoms with E-state index in [1.54, 1.807) is 0 Å². The smallest absolute Gasteiger partial charge is 0.310 e. The number of hydrogen-bond donors (Lipinski definition) is 0. The van der Waals surface area contributed by atoms with Crippen LogP contribution in [0.25, 0.3) is 11.1 Å². The molecule has 2 aromatic carbocycles. The minimum Gasteiger partial charge on any atom is -0.466 e. The van der Waals surface area contributed by atoms with Crippen LogP contribution in [0.15, 0.2) is 54.6 Å². The fourth-order valence-corrected chi connectivity index (χ4v) is 3.34. The molecule has 2 aromatic rings. The monoisotopic (exact) mass is 323 g/mol. The van der Waals surface area contributed by atoms with E-state index in [-0.39, 0.29) is 11.9 Å². The first-order valence-electron chi connectivity index (χ1n) is 8.79. The van der Waals surface area contributed by atoms with Gasteiger partial charge in [-0.25, -0.2) is 0 Å². The Hall–Kier alpha value is -2.13. The van der Waals surface area contributed by atoms with Crippen LogP contribution in [0, 0.1) is 5.92 Å². The van der Waals surface area contributed by atoms with Gasteiger partial charge in [0.05, 0.1) is 12.5 Å². The van der Waals surface area contributed by atoms with E-state index in [1.807, 2.05) is 13.0 Å². The minimum atomic E-state index is -0.0402. The summed E-state index contributed by atoms with van der Waals surface area (Å²) in [5, 5.41) is 0. The van der Waals surface area contributed by atoms with Gasteiger partial charge in [-0.1, -0.05) is 54.6 Å². The molecule has 0 aliphatic carbocycles. The van der Waals surface area contributed by atoms with E-state index < -0.39 is 0 Å². The maximum absolute atomic E-state index is 11.9. The summed E-state index contributed by atoms with van der Waals surface area (Å²) in [7, 11) is 0. The van der Waals surface area contributed by atoms with E-state index in [2.05, 4.69) is 53.4 Å². The van der Waals surface area contributed by atoms with E-state index in [0.29, 0.717) is 6.61 Å². The van der Waals surface area contributed by atoms with E-state index in [9.17, 15) is 4.79 Å². The molecule has 1 aliphatic heterocycles. The van der Waals surface area contributed by atoms with Crippen LogP contribution in [-0.2, 0) is 16.1 Å². The molecule has 3 heteroatoms. The fraction of sp³-hybridized carbons (Fsp3) is 0.381. The number of esters is 1. The molecule has 24 heavy (non-hydrogen) atoms. The molecule has 1 aliphatic rings. The number of ether oxygens (including phenoxy) is 1. The van der Waals surface area contributed by atoms with Crippen LogP contribution in [-0.4, -0.2) is 30.6 Å². The first-order valence-corrected chi connectivity index (χ1v) is 8.79. The summed E-state index contributed by atoms with van der Waals surface area (Å²) < 4.78 is 5.18. The van der Waals surface area contributed by atoms with E-state index in [4.69, 9.17) is 4.74 Å². The van der Waals surface area contributed by atoms with Gasteiger partial charge in [0.1, 0.15) is 0 Å². The van der Waals surface area contributed by atoms with Crippen molar-refractivity contribution in [1.82, 2.24) is 4.90 Å². The van der Waals surface area contributed by atoms with Crippen molar-refractivity contribution in [1.29, 1.82) is 0 Å². The molecule has 0 amide bonds. The number of nitrogens with zero attached hydrogens (tertiary/aromatic N) is 1. The third-order valence-electron chi connectivity index (χ3n) is 4.59. The molecule has 1 saturated heterocycles. The number of benzene rings is 2. The Balaban J connectivity index is 1.60. The average Bonchev–Trinajstić information content (AvgIpc) is 2.63. The number of carbonyl (C=O) groups excluding carboxylic acids is 1. The summed E-state index contributed by atoms with van der Waals surface area (Å²) in [6, 6.07) is 19.2. The van der Waals surface area contributed by atoms with Crippen molar-refractivity contribution in [3.05, 3.63) is 60.2 Å². The predicted molar refractivity (Wildman–Crippen MR) is 96.5 cm³/mol. The zero-order valence-corrected chi connectivity index (χ0v) is 14.3. The van der Waals surface area contributed by atoms with Gasteiger partial charge in [-0.05, 0) is 43.0 Å². The van der Waals surface area contributed by atoms with Gasteiger partial charge < -0.3 is 4.74 Å². The Morgan fingerprint density at radius 1 is 1.08 bits per heavy atom. The molecule has 1 fully saturated rings. The second-order valence-corrected chi connectivity index (χ2v) is 6.39. The van der Waals surface area contributed by atoms with Gasteiger partial charge in [-0.2, -0.15) is 0 Å². The maximum Gasteiger partial charge on any atom is 0.310 e. The summed E-state index contributed by atoms with van der Waals surface area (Å²) in [6.07, 6.45) is 2.01. The van der Waals surface area contributed by atoms with Gasteiger partial charge in [0.25, 0.3) is 0 Å². The Bertz CT molecular complexity index is 651. The van der Waals surface area contributed by atoms with Gasteiger partial charge in [0, 0.05) is 13.1 Å². The van der Waals surface area contributed by atoms with Crippen molar-refractivity contribution >= 4 is 5.97 Å². The summed E-state index contributed by atoms with van der Waals surface area (Å²) in [5.41, 5.74) is 3.77. The van der Waals surface area contributed by atoms with Gasteiger partial charge in [0.15, 0.2) is 0 Å². The van der Waals surface area contributed by atoms with Crippen LogP contribution in [0.2, 0.25) is 0 Å². The Kier molecular flexibility index (Phi) is 5.65. The molecule has 1 atom stereocenters. The molecule has 0 N–H and O–H groups in total. The van der Waals surface area contributed by atoms with Crippen molar-refractivity contribution in [2.24, 2.45) is 5.92 Å². The van der Waals surface area contributed by atoms with Crippen LogP contribution in [0.1, 0.15) is 25.3 Å². The minimum absolute atomic E-state index is 0.0299. The van der Waals surface area contributed by atoms with E-state index >= 15 is 0 Å². The quantitative estimate of drug-likeness (QED) is 0.775. The van der Waals surface area contributed by atoms with Crippen molar-refractivity contribution in [2.45, 2.75) is 26.3 Å². The van der Waals surface area contributed by atoms with Crippen LogP contribution >= 0.6 is 0 Å². The maximum atomic E-state index is 11.9. The van der Waals surface area contributed by atoms with Gasteiger partial charge in [-0.3, -0.25) is 9.69 Å². The molecule has 3 nitrogen and oxygen atoms in total. The zero-order chi connectivity index (χ0) is 16.8. The number of piperidine rings is 1. The molecule has 0 saturated carbocycles. The van der Waals surface area contributed by atoms with Gasteiger partial charge in [0.2, 0.25) is 0 Å². The molecule has 0 bridgehead atoms. The SMILES string of the molecule is CCOC(=O)[C@H]1CCCN(Cc2ccc(-c3ccccc3)cc2)C1. The number of hydrogen-bond acceptors (Lipinski definition) is 3. The van der Waals surface area contributed by atoms with E-state index in [1.165, 1.54) is 16.7 Å². The number of likely N-dealkylation sites (tertiary alicyclic amines) is 1. The Labute approximate surface area is 144 Å². The van der Waals surface area contributed by atoms with E-state index in [0.717, 1.165) is 32.5 Å². The molecule has 1 heterocycles. The molecular weight excluding hydrogens is 298 g/mol. The first kappa shape index (κ1) is 16.7. The lowest BCUT2D eigenvalue weighted by molar-refractivity contribution is -0.150. The highest BCUT2D eigenvalue weighted by Gasteiger charge is 2.26. The summed E-state index contributed by atoms with van der Waals surface area (Å²) in [4.78, 5) is 14.3. The second kappa shape index (κ2) is 8.11. The second-order valence-electron chi connectivity index (χ2n) is 6.39. The van der Waals surface area contributed by atoms with Crippen LogP contribution < -0.4 is 0 Å². The van der Waals surface area contributed by atoms with Crippen LogP contribution in [0.3, 0.4) is 0 Å². The third-order valence-corrected chi connectivity index (χ3v) is 4.59. The molecule has 126 valence electrons. The van der Waals surface area contributed by atoms with Crippen molar-refractivity contribution in [3.63, 3.8) is 0 Å². The highest BCUT2D eigenvalue weighted by molar-refractivity contribution is 5.72. The number of rotatable bonds is 5. The largest absolute Gasteiger partial charge is 0.466 e. The predicted octanol–water partition coefficient (Wildman–Crippen LogP) is 4.13. The standard InChI is InChI=1S/C21H25NO2/c1-2-24-21(23)20-9-6-14-22(16-20)15-17-10-12-19(13-11-17)18-7-4-3-5-8-18/h3-5,7-8,10-13,20H,2,6,9,14-16H2,1H3/t20-/m0/s1. The lowest BCUT2D eigenvalue weighted by Crippen LogP contribution is -2.38. The van der Waals surface area contributed by atoms with Gasteiger partial charge in [-0.15, -0.1) is 0 Å². The number of carbonyl (C=O) groups is 1. The fourth-order valence-electron chi connectivity index (χ4n) is 3.34. The topological polar surface area (TPSA) is 29.5 Å². The highest BCUT2D eigenvalue weighted by atomic mass is 16.5. The van der Waals surface area contributed by atoms with Gasteiger partial charge >= 0.3 is 5.97 Å². The highest BCUT2D eigenvalue weighted by Crippen LogP contribution is 2.22. The Morgan fingerprint density at radius 2 is 1.79 bits per heavy atom. The normalized spacial score (nSPS) is 18.3. The summed E-state index contributed by atoms with van der Waals surface area (Å²) in [6.45, 7) is 5.09. The molecule has 0 radical (unpaired) electrons. The zero-order valence-electron chi connectivity index (χ0n) is 14.3. The summed E-state index contributed by atoms with van der Waals surface area (Å²) >= 11 is 0. The van der Waals surface area contributed by atoms with Crippen LogP contribution in [0.5, 0.6) is 0 Å². The molecule has 0 unspecified atom stereocenters. The van der Waals surface area contributed by atoms with Crippen molar-refractivity contribution < 1.29 is 9.53 Å². The van der Waals surface area contributed by atoms with Crippen LogP contribution in [0.4, 0.5) is 0 Å². The van der Waals surface area contributed by atoms with Crippen molar-refractivity contribution in [2.75, 3.05) is 19.7 Å². The average molecular weight is 323 g/mol. The molecule has 3 rings (SSSR count). The first-order chi connectivity index (χ1) is 11.8. The lowest BCUT2D eigenvalue weighted by Gasteiger charge is -2.31.